The van der Waals surface area contributed by atoms with Crippen molar-refractivity contribution in [2.45, 2.75) is 13.3 Å². The standard InChI is InChI=1S/C12H16BrNOS/c1-9-4-5-10(11(13)8-9)12(15)14-6-3-7-16-2/h4-5,8H,3,6-7H2,1-2H3,(H,14,15). The Hall–Kier alpha value is -0.480. The molecule has 0 heterocycles. The van der Waals surface area contributed by atoms with Crippen LogP contribution in [0.4, 0.5) is 0 Å². The molecule has 0 spiro atoms. The summed E-state index contributed by atoms with van der Waals surface area (Å²) in [6.07, 6.45) is 3.08. The number of benzene rings is 1. The van der Waals surface area contributed by atoms with Crippen LogP contribution in [0, 0.1) is 6.92 Å². The van der Waals surface area contributed by atoms with E-state index >= 15 is 0 Å². The number of rotatable bonds is 5. The van der Waals surface area contributed by atoms with E-state index in [1.54, 1.807) is 11.8 Å². The van der Waals surface area contributed by atoms with Crippen LogP contribution >= 0.6 is 27.7 Å². The van der Waals surface area contributed by atoms with Gasteiger partial charge < -0.3 is 5.32 Å². The zero-order valence-electron chi connectivity index (χ0n) is 9.55. The van der Waals surface area contributed by atoms with Crippen LogP contribution in [0.25, 0.3) is 0 Å². The number of carbonyl (C=O) groups excluding carboxylic acids is 1. The highest BCUT2D eigenvalue weighted by molar-refractivity contribution is 9.10. The number of thioether (sulfide) groups is 1. The number of aryl methyl sites for hydroxylation is 1. The number of halogens is 1. The van der Waals surface area contributed by atoms with Crippen LogP contribution in [0.3, 0.4) is 0 Å². The van der Waals surface area contributed by atoms with Crippen LogP contribution in [0.5, 0.6) is 0 Å². The molecule has 0 unspecified atom stereocenters. The summed E-state index contributed by atoms with van der Waals surface area (Å²) in [4.78, 5) is 11.8. The van der Waals surface area contributed by atoms with Gasteiger partial charge in [0.25, 0.3) is 5.91 Å². The van der Waals surface area contributed by atoms with Crippen LogP contribution in [0.15, 0.2) is 22.7 Å². The fourth-order valence-electron chi connectivity index (χ4n) is 1.32. The van der Waals surface area contributed by atoms with Crippen LogP contribution in [-0.2, 0) is 0 Å². The Bertz CT molecular complexity index is 368. The maximum atomic E-state index is 11.8. The van der Waals surface area contributed by atoms with Crippen molar-refractivity contribution in [3.8, 4) is 0 Å². The number of hydrogen-bond donors (Lipinski definition) is 1. The van der Waals surface area contributed by atoms with E-state index in [2.05, 4.69) is 27.5 Å². The summed E-state index contributed by atoms with van der Waals surface area (Å²) in [7, 11) is 0. The average Bonchev–Trinajstić information content (AvgIpc) is 2.24. The molecular weight excluding hydrogens is 286 g/mol. The van der Waals surface area contributed by atoms with Crippen LogP contribution in [0.2, 0.25) is 0 Å². The third kappa shape index (κ3) is 4.18. The molecular formula is C12H16BrNOS. The Labute approximate surface area is 109 Å². The first-order chi connectivity index (χ1) is 7.65. The van der Waals surface area contributed by atoms with E-state index < -0.39 is 0 Å². The minimum absolute atomic E-state index is 0.00650. The second-order valence-electron chi connectivity index (χ2n) is 3.59. The summed E-state index contributed by atoms with van der Waals surface area (Å²) in [5, 5.41) is 2.91. The van der Waals surface area contributed by atoms with E-state index in [1.807, 2.05) is 25.1 Å². The van der Waals surface area contributed by atoms with Crippen molar-refractivity contribution in [2.75, 3.05) is 18.6 Å². The second-order valence-corrected chi connectivity index (χ2v) is 5.43. The highest BCUT2D eigenvalue weighted by Gasteiger charge is 2.08. The van der Waals surface area contributed by atoms with E-state index in [4.69, 9.17) is 0 Å². The van der Waals surface area contributed by atoms with Gasteiger partial charge in [-0.2, -0.15) is 11.8 Å². The van der Waals surface area contributed by atoms with Gasteiger partial charge in [0.2, 0.25) is 0 Å². The molecule has 0 aliphatic carbocycles. The van der Waals surface area contributed by atoms with Gasteiger partial charge in [-0.05, 0) is 59.0 Å². The van der Waals surface area contributed by atoms with Crippen LogP contribution in [0.1, 0.15) is 22.3 Å². The SMILES string of the molecule is CSCCCNC(=O)c1ccc(C)cc1Br. The van der Waals surface area contributed by atoms with Crippen molar-refractivity contribution in [3.05, 3.63) is 33.8 Å². The highest BCUT2D eigenvalue weighted by Crippen LogP contribution is 2.18. The first-order valence-corrected chi connectivity index (χ1v) is 7.37. The second kappa shape index (κ2) is 6.97. The molecule has 1 aromatic carbocycles. The van der Waals surface area contributed by atoms with Crippen molar-refractivity contribution in [1.29, 1.82) is 0 Å². The molecule has 1 aromatic rings. The summed E-state index contributed by atoms with van der Waals surface area (Å²) >= 11 is 5.20. The Kier molecular flexibility index (Phi) is 5.91. The maximum absolute atomic E-state index is 11.8. The molecule has 0 aromatic heterocycles. The molecule has 0 atom stereocenters. The predicted molar refractivity (Wildman–Crippen MR) is 74.2 cm³/mol. The van der Waals surface area contributed by atoms with Crippen molar-refractivity contribution >= 4 is 33.6 Å². The Balaban J connectivity index is 2.53. The fourth-order valence-corrected chi connectivity index (χ4v) is 2.42. The lowest BCUT2D eigenvalue weighted by atomic mass is 10.1. The zero-order valence-corrected chi connectivity index (χ0v) is 12.0. The number of nitrogens with one attached hydrogen (secondary N) is 1. The van der Waals surface area contributed by atoms with E-state index in [0.717, 1.165) is 28.8 Å². The Morgan fingerprint density at radius 1 is 1.50 bits per heavy atom. The summed E-state index contributed by atoms with van der Waals surface area (Å²) in [6.45, 7) is 2.74. The maximum Gasteiger partial charge on any atom is 0.252 e. The highest BCUT2D eigenvalue weighted by atomic mass is 79.9. The Morgan fingerprint density at radius 2 is 2.25 bits per heavy atom. The molecule has 0 radical (unpaired) electrons. The van der Waals surface area contributed by atoms with Crippen molar-refractivity contribution in [1.82, 2.24) is 5.32 Å². The minimum atomic E-state index is -0.00650. The molecule has 4 heteroatoms. The molecule has 0 bridgehead atoms. The third-order valence-electron chi connectivity index (χ3n) is 2.18. The van der Waals surface area contributed by atoms with E-state index in [9.17, 15) is 4.79 Å². The minimum Gasteiger partial charge on any atom is -0.352 e. The van der Waals surface area contributed by atoms with Gasteiger partial charge in [0.15, 0.2) is 0 Å². The quantitative estimate of drug-likeness (QED) is 0.846. The lowest BCUT2D eigenvalue weighted by Gasteiger charge is -2.07. The molecule has 1 rings (SSSR count). The lowest BCUT2D eigenvalue weighted by Crippen LogP contribution is -2.25. The lowest BCUT2D eigenvalue weighted by molar-refractivity contribution is 0.0953. The molecule has 0 saturated heterocycles. The third-order valence-corrected chi connectivity index (χ3v) is 3.53. The molecule has 1 N–H and O–H groups in total. The van der Waals surface area contributed by atoms with E-state index in [0.29, 0.717) is 5.56 Å². The predicted octanol–water partition coefficient (Wildman–Crippen LogP) is 3.24. The molecule has 88 valence electrons. The van der Waals surface area contributed by atoms with Crippen molar-refractivity contribution in [3.63, 3.8) is 0 Å². The summed E-state index contributed by atoms with van der Waals surface area (Å²) in [6, 6.07) is 5.75. The molecule has 0 aliphatic heterocycles. The summed E-state index contributed by atoms with van der Waals surface area (Å²) in [5.41, 5.74) is 1.85. The normalized spacial score (nSPS) is 10.2. The molecule has 16 heavy (non-hydrogen) atoms. The molecule has 1 amide bonds. The first-order valence-electron chi connectivity index (χ1n) is 5.18. The van der Waals surface area contributed by atoms with Gasteiger partial charge in [0.05, 0.1) is 5.56 Å². The summed E-state index contributed by atoms with van der Waals surface area (Å²) < 4.78 is 0.856. The van der Waals surface area contributed by atoms with Gasteiger partial charge in [0.1, 0.15) is 0 Å². The average molecular weight is 302 g/mol. The number of carbonyl (C=O) groups is 1. The van der Waals surface area contributed by atoms with E-state index in [-0.39, 0.29) is 5.91 Å². The fraction of sp³-hybridized carbons (Fsp3) is 0.417. The zero-order chi connectivity index (χ0) is 12.0. The smallest absolute Gasteiger partial charge is 0.252 e. The van der Waals surface area contributed by atoms with Crippen LogP contribution < -0.4 is 5.32 Å². The van der Waals surface area contributed by atoms with Gasteiger partial charge in [-0.3, -0.25) is 4.79 Å². The largest absolute Gasteiger partial charge is 0.352 e. The van der Waals surface area contributed by atoms with Gasteiger partial charge in [-0.1, -0.05) is 6.07 Å². The monoisotopic (exact) mass is 301 g/mol. The summed E-state index contributed by atoms with van der Waals surface area (Å²) in [5.74, 6) is 1.07. The number of amides is 1. The van der Waals surface area contributed by atoms with E-state index in [1.165, 1.54) is 0 Å². The van der Waals surface area contributed by atoms with Gasteiger partial charge in [0, 0.05) is 11.0 Å². The topological polar surface area (TPSA) is 29.1 Å². The van der Waals surface area contributed by atoms with Crippen LogP contribution in [-0.4, -0.2) is 24.5 Å². The van der Waals surface area contributed by atoms with Gasteiger partial charge in [-0.15, -0.1) is 0 Å². The van der Waals surface area contributed by atoms with Gasteiger partial charge >= 0.3 is 0 Å². The van der Waals surface area contributed by atoms with Crippen molar-refractivity contribution < 1.29 is 4.79 Å². The number of hydrogen-bond acceptors (Lipinski definition) is 2. The first kappa shape index (κ1) is 13.6. The molecule has 0 saturated carbocycles. The molecule has 0 fully saturated rings. The van der Waals surface area contributed by atoms with Gasteiger partial charge in [-0.25, -0.2) is 0 Å². The van der Waals surface area contributed by atoms with Crippen molar-refractivity contribution in [2.24, 2.45) is 0 Å². The Morgan fingerprint density at radius 3 is 2.88 bits per heavy atom. The molecule has 2 nitrogen and oxygen atoms in total. The molecule has 0 aliphatic rings.